The molecule has 0 radical (unpaired) electrons. The van der Waals surface area contributed by atoms with E-state index < -0.39 is 0 Å². The molecule has 0 saturated heterocycles. The number of aromatic nitrogens is 1. The first-order chi connectivity index (χ1) is 9.08. The summed E-state index contributed by atoms with van der Waals surface area (Å²) in [5, 5.41) is 0.733. The van der Waals surface area contributed by atoms with Gasteiger partial charge in [-0.2, -0.15) is 0 Å². The van der Waals surface area contributed by atoms with E-state index in [1.165, 1.54) is 0 Å². The van der Waals surface area contributed by atoms with E-state index in [0.29, 0.717) is 12.1 Å². The summed E-state index contributed by atoms with van der Waals surface area (Å²) >= 11 is 6.14. The predicted molar refractivity (Wildman–Crippen MR) is 77.8 cm³/mol. The Morgan fingerprint density at radius 2 is 2.05 bits per heavy atom. The second kappa shape index (κ2) is 5.85. The molecule has 0 fully saturated rings. The monoisotopic (exact) mass is 274 g/mol. The summed E-state index contributed by atoms with van der Waals surface area (Å²) in [5.41, 5.74) is 1.69. The van der Waals surface area contributed by atoms with Crippen LogP contribution in [0.2, 0.25) is 5.02 Å². The van der Waals surface area contributed by atoms with Gasteiger partial charge < -0.3 is 4.90 Å². The lowest BCUT2D eigenvalue weighted by Gasteiger charge is -2.19. The minimum absolute atomic E-state index is 0.0368. The number of halogens is 1. The van der Waals surface area contributed by atoms with Crippen molar-refractivity contribution in [2.45, 2.75) is 13.5 Å². The molecule has 1 heterocycles. The molecule has 0 spiro atoms. The molecule has 0 aliphatic heterocycles. The van der Waals surface area contributed by atoms with Crippen LogP contribution in [0.5, 0.6) is 0 Å². The van der Waals surface area contributed by atoms with Gasteiger partial charge >= 0.3 is 0 Å². The first kappa shape index (κ1) is 13.6. The van der Waals surface area contributed by atoms with Gasteiger partial charge in [0.2, 0.25) is 0 Å². The van der Waals surface area contributed by atoms with E-state index in [1.807, 2.05) is 36.2 Å². The van der Waals surface area contributed by atoms with Gasteiger partial charge in [-0.05, 0) is 30.7 Å². The molecule has 0 bridgehead atoms. The zero-order valence-electron chi connectivity index (χ0n) is 10.9. The van der Waals surface area contributed by atoms with Crippen LogP contribution in [-0.4, -0.2) is 17.8 Å². The highest BCUT2D eigenvalue weighted by Gasteiger charge is 2.08. The van der Waals surface area contributed by atoms with Crippen LogP contribution in [0.4, 0.5) is 5.82 Å². The Kier molecular flexibility index (Phi) is 4.17. The molecule has 1 aromatic heterocycles. The Labute approximate surface area is 117 Å². The average molecular weight is 275 g/mol. The molecular formula is C15H15ClN2O. The van der Waals surface area contributed by atoms with Crippen molar-refractivity contribution >= 4 is 23.2 Å². The van der Waals surface area contributed by atoms with Crippen molar-refractivity contribution in [2.75, 3.05) is 11.9 Å². The molecule has 0 unspecified atom stereocenters. The van der Waals surface area contributed by atoms with Gasteiger partial charge in [-0.3, -0.25) is 4.79 Å². The average Bonchev–Trinajstić information content (AvgIpc) is 2.41. The lowest BCUT2D eigenvalue weighted by Crippen LogP contribution is -2.18. The third-order valence-corrected chi connectivity index (χ3v) is 3.28. The van der Waals surface area contributed by atoms with Crippen molar-refractivity contribution in [2.24, 2.45) is 0 Å². The molecule has 1 aromatic carbocycles. The molecule has 0 N–H and O–H groups in total. The number of pyridine rings is 1. The van der Waals surface area contributed by atoms with Gasteiger partial charge in [0.15, 0.2) is 5.78 Å². The second-order valence-electron chi connectivity index (χ2n) is 4.41. The summed E-state index contributed by atoms with van der Waals surface area (Å²) in [6.45, 7) is 2.20. The smallest absolute Gasteiger partial charge is 0.159 e. The Morgan fingerprint density at radius 3 is 2.74 bits per heavy atom. The normalized spacial score (nSPS) is 10.3. The molecular weight excluding hydrogens is 260 g/mol. The minimum Gasteiger partial charge on any atom is -0.355 e. The van der Waals surface area contributed by atoms with Crippen molar-refractivity contribution in [3.05, 3.63) is 58.7 Å². The SMILES string of the molecule is CC(=O)c1ccnc(N(C)Cc2ccccc2Cl)c1. The highest BCUT2D eigenvalue weighted by molar-refractivity contribution is 6.31. The highest BCUT2D eigenvalue weighted by Crippen LogP contribution is 2.19. The number of anilines is 1. The summed E-state index contributed by atoms with van der Waals surface area (Å²) in [7, 11) is 1.93. The summed E-state index contributed by atoms with van der Waals surface area (Å²) < 4.78 is 0. The van der Waals surface area contributed by atoms with Gasteiger partial charge in [-0.1, -0.05) is 29.8 Å². The maximum Gasteiger partial charge on any atom is 0.159 e. The molecule has 19 heavy (non-hydrogen) atoms. The van der Waals surface area contributed by atoms with Crippen LogP contribution in [0.15, 0.2) is 42.6 Å². The second-order valence-corrected chi connectivity index (χ2v) is 4.81. The van der Waals surface area contributed by atoms with Gasteiger partial charge in [0, 0.05) is 30.4 Å². The maximum atomic E-state index is 11.4. The van der Waals surface area contributed by atoms with Crippen LogP contribution in [0.3, 0.4) is 0 Å². The predicted octanol–water partition coefficient (Wildman–Crippen LogP) is 3.57. The van der Waals surface area contributed by atoms with Crippen molar-refractivity contribution in [1.82, 2.24) is 4.98 Å². The fraction of sp³-hybridized carbons (Fsp3) is 0.200. The molecule has 0 aliphatic carbocycles. The summed E-state index contributed by atoms with van der Waals surface area (Å²) in [6.07, 6.45) is 1.65. The van der Waals surface area contributed by atoms with Crippen LogP contribution >= 0.6 is 11.6 Å². The van der Waals surface area contributed by atoms with E-state index in [0.717, 1.165) is 16.4 Å². The number of rotatable bonds is 4. The van der Waals surface area contributed by atoms with E-state index in [9.17, 15) is 4.79 Å². The lowest BCUT2D eigenvalue weighted by atomic mass is 10.2. The molecule has 4 heteroatoms. The Balaban J connectivity index is 2.20. The molecule has 3 nitrogen and oxygen atoms in total. The summed E-state index contributed by atoms with van der Waals surface area (Å²) in [4.78, 5) is 17.6. The molecule has 2 aromatic rings. The molecule has 0 saturated carbocycles. The molecule has 0 amide bonds. The standard InChI is InChI=1S/C15H15ClN2O/c1-11(19)12-7-8-17-15(9-12)18(2)10-13-5-3-4-6-14(13)16/h3-9H,10H2,1-2H3. The number of hydrogen-bond donors (Lipinski definition) is 0. The van der Waals surface area contributed by atoms with Crippen molar-refractivity contribution in [3.8, 4) is 0 Å². The Hall–Kier alpha value is -1.87. The first-order valence-electron chi connectivity index (χ1n) is 5.99. The van der Waals surface area contributed by atoms with Crippen LogP contribution in [-0.2, 0) is 6.54 Å². The van der Waals surface area contributed by atoms with E-state index >= 15 is 0 Å². The van der Waals surface area contributed by atoms with Crippen LogP contribution in [0, 0.1) is 0 Å². The van der Waals surface area contributed by atoms with Crippen LogP contribution < -0.4 is 4.90 Å². The largest absolute Gasteiger partial charge is 0.355 e. The quantitative estimate of drug-likeness (QED) is 0.799. The Bertz CT molecular complexity index is 598. The zero-order chi connectivity index (χ0) is 13.8. The van der Waals surface area contributed by atoms with Crippen molar-refractivity contribution in [1.29, 1.82) is 0 Å². The molecule has 0 aliphatic rings. The van der Waals surface area contributed by atoms with Gasteiger partial charge in [0.05, 0.1) is 0 Å². The minimum atomic E-state index is 0.0368. The Morgan fingerprint density at radius 1 is 1.32 bits per heavy atom. The fourth-order valence-corrected chi connectivity index (χ4v) is 2.00. The van der Waals surface area contributed by atoms with Crippen LogP contribution in [0.1, 0.15) is 22.8 Å². The number of nitrogens with zero attached hydrogens (tertiary/aromatic N) is 2. The van der Waals surface area contributed by atoms with Crippen molar-refractivity contribution in [3.63, 3.8) is 0 Å². The first-order valence-corrected chi connectivity index (χ1v) is 6.37. The zero-order valence-corrected chi connectivity index (χ0v) is 11.7. The van der Waals surface area contributed by atoms with E-state index in [1.54, 1.807) is 25.3 Å². The van der Waals surface area contributed by atoms with Gasteiger partial charge in [0.25, 0.3) is 0 Å². The highest BCUT2D eigenvalue weighted by atomic mass is 35.5. The molecule has 0 atom stereocenters. The number of ketones is 1. The fourth-order valence-electron chi connectivity index (χ4n) is 1.81. The van der Waals surface area contributed by atoms with Gasteiger partial charge in [-0.25, -0.2) is 4.98 Å². The topological polar surface area (TPSA) is 33.2 Å². The molecule has 2 rings (SSSR count). The van der Waals surface area contributed by atoms with Crippen LogP contribution in [0.25, 0.3) is 0 Å². The third kappa shape index (κ3) is 3.32. The summed E-state index contributed by atoms with van der Waals surface area (Å²) in [6, 6.07) is 11.2. The summed E-state index contributed by atoms with van der Waals surface area (Å²) in [5.74, 6) is 0.794. The number of Topliss-reactive ketones (excluding diaryl/α,β-unsaturated/α-hetero) is 1. The lowest BCUT2D eigenvalue weighted by molar-refractivity contribution is 0.101. The van der Waals surface area contributed by atoms with Gasteiger partial charge in [-0.15, -0.1) is 0 Å². The number of carbonyl (C=O) groups is 1. The number of carbonyl (C=O) groups excluding carboxylic acids is 1. The number of hydrogen-bond acceptors (Lipinski definition) is 3. The van der Waals surface area contributed by atoms with Crippen molar-refractivity contribution < 1.29 is 4.79 Å². The molecule has 98 valence electrons. The van der Waals surface area contributed by atoms with Gasteiger partial charge in [0.1, 0.15) is 5.82 Å². The number of benzene rings is 1. The third-order valence-electron chi connectivity index (χ3n) is 2.91. The van der Waals surface area contributed by atoms with E-state index in [2.05, 4.69) is 4.98 Å². The maximum absolute atomic E-state index is 11.4. The van der Waals surface area contributed by atoms with E-state index in [4.69, 9.17) is 11.6 Å². The van der Waals surface area contributed by atoms with E-state index in [-0.39, 0.29) is 5.78 Å².